The Bertz CT molecular complexity index is 836. The van der Waals surface area contributed by atoms with Crippen LogP contribution in [0.3, 0.4) is 0 Å². The van der Waals surface area contributed by atoms with Gasteiger partial charge in [0.25, 0.3) is 0 Å². The molecule has 2 aromatic carbocycles. The molecule has 0 radical (unpaired) electrons. The van der Waals surface area contributed by atoms with Gasteiger partial charge in [-0.1, -0.05) is 45.0 Å². The number of methoxy groups -OCH3 is 1. The molecule has 0 heterocycles. The van der Waals surface area contributed by atoms with Crippen LogP contribution >= 0.6 is 0 Å². The molecule has 0 bridgehead atoms. The van der Waals surface area contributed by atoms with Crippen molar-refractivity contribution in [3.8, 4) is 5.75 Å². The fourth-order valence-corrected chi connectivity index (χ4v) is 3.13. The molecule has 5 nitrogen and oxygen atoms in total. The number of carbonyl (C=O) groups is 2. The lowest BCUT2D eigenvalue weighted by Gasteiger charge is -2.19. The number of amides is 2. The summed E-state index contributed by atoms with van der Waals surface area (Å²) in [4.78, 5) is 24.7. The Morgan fingerprint density at radius 3 is 2.14 bits per heavy atom. The highest BCUT2D eigenvalue weighted by Crippen LogP contribution is 2.39. The Labute approximate surface area is 166 Å². The second-order valence-electron chi connectivity index (χ2n) is 8.33. The highest BCUT2D eigenvalue weighted by molar-refractivity contribution is 5.99. The van der Waals surface area contributed by atoms with Gasteiger partial charge in [-0.15, -0.1) is 0 Å². The van der Waals surface area contributed by atoms with Gasteiger partial charge in [-0.25, -0.2) is 0 Å². The highest BCUT2D eigenvalue weighted by atomic mass is 16.5. The fraction of sp³-hybridized carbons (Fsp3) is 0.391. The van der Waals surface area contributed by atoms with E-state index in [0.717, 1.165) is 17.0 Å². The summed E-state index contributed by atoms with van der Waals surface area (Å²) in [5.41, 5.74) is 3.05. The van der Waals surface area contributed by atoms with Crippen LogP contribution in [-0.2, 0) is 21.5 Å². The van der Waals surface area contributed by atoms with Gasteiger partial charge < -0.3 is 15.4 Å². The maximum atomic E-state index is 12.4. The number of nitrogens with one attached hydrogen (secondary N) is 2. The van der Waals surface area contributed by atoms with Crippen molar-refractivity contribution < 1.29 is 14.3 Å². The van der Waals surface area contributed by atoms with Crippen LogP contribution < -0.4 is 15.4 Å². The molecule has 5 heteroatoms. The van der Waals surface area contributed by atoms with E-state index in [1.54, 1.807) is 7.11 Å². The summed E-state index contributed by atoms with van der Waals surface area (Å²) in [5.74, 6) is 0.127. The number of rotatable bonds is 6. The predicted octanol–water partition coefficient (Wildman–Crippen LogP) is 3.88. The molecule has 1 aliphatic carbocycles. The van der Waals surface area contributed by atoms with Gasteiger partial charge in [-0.2, -0.15) is 0 Å². The molecule has 0 aliphatic heterocycles. The zero-order valence-corrected chi connectivity index (χ0v) is 16.9. The largest absolute Gasteiger partial charge is 0.497 e. The van der Waals surface area contributed by atoms with Crippen LogP contribution in [0.4, 0.5) is 5.69 Å². The quantitative estimate of drug-likeness (QED) is 0.799. The Hall–Kier alpha value is -2.82. The Balaban J connectivity index is 1.47. The SMILES string of the molecule is COc1ccc(CNC(=O)C2CC2C(=O)Nc2ccc(C(C)(C)C)cc2)cc1. The summed E-state index contributed by atoms with van der Waals surface area (Å²) < 4.78 is 5.12. The minimum absolute atomic E-state index is 0.0703. The van der Waals surface area contributed by atoms with Crippen LogP contribution in [0.1, 0.15) is 38.3 Å². The van der Waals surface area contributed by atoms with E-state index < -0.39 is 0 Å². The lowest BCUT2D eigenvalue weighted by atomic mass is 9.87. The minimum Gasteiger partial charge on any atom is -0.497 e. The van der Waals surface area contributed by atoms with Gasteiger partial charge in [0.15, 0.2) is 0 Å². The first-order valence-corrected chi connectivity index (χ1v) is 9.60. The molecule has 2 atom stereocenters. The van der Waals surface area contributed by atoms with Gasteiger partial charge >= 0.3 is 0 Å². The van der Waals surface area contributed by atoms with Gasteiger partial charge in [0.1, 0.15) is 5.75 Å². The molecule has 2 N–H and O–H groups in total. The van der Waals surface area contributed by atoms with Gasteiger partial charge in [0.05, 0.1) is 18.9 Å². The number of ether oxygens (including phenoxy) is 1. The molecular weight excluding hydrogens is 352 g/mol. The van der Waals surface area contributed by atoms with Crippen molar-refractivity contribution in [2.24, 2.45) is 11.8 Å². The monoisotopic (exact) mass is 380 g/mol. The second kappa shape index (κ2) is 8.05. The maximum absolute atomic E-state index is 12.4. The molecule has 1 saturated carbocycles. The first-order chi connectivity index (χ1) is 13.3. The smallest absolute Gasteiger partial charge is 0.228 e. The molecule has 148 valence electrons. The van der Waals surface area contributed by atoms with Gasteiger partial charge in [0, 0.05) is 12.2 Å². The highest BCUT2D eigenvalue weighted by Gasteiger charge is 2.47. The number of anilines is 1. The maximum Gasteiger partial charge on any atom is 0.228 e. The predicted molar refractivity (Wildman–Crippen MR) is 110 cm³/mol. The normalized spacial score (nSPS) is 18.3. The molecule has 0 aromatic heterocycles. The van der Waals surface area contributed by atoms with Crippen LogP contribution in [0.5, 0.6) is 5.75 Å². The molecule has 1 aliphatic rings. The lowest BCUT2D eigenvalue weighted by molar-refractivity contribution is -0.125. The summed E-state index contributed by atoms with van der Waals surface area (Å²) in [6, 6.07) is 15.4. The van der Waals surface area contributed by atoms with Crippen LogP contribution in [0.15, 0.2) is 48.5 Å². The molecule has 0 saturated heterocycles. The van der Waals surface area contributed by atoms with Crippen LogP contribution in [-0.4, -0.2) is 18.9 Å². The third-order valence-electron chi connectivity index (χ3n) is 5.11. The van der Waals surface area contributed by atoms with E-state index in [1.807, 2.05) is 48.5 Å². The molecule has 2 aromatic rings. The molecule has 2 unspecified atom stereocenters. The van der Waals surface area contributed by atoms with E-state index in [0.29, 0.717) is 13.0 Å². The Morgan fingerprint density at radius 1 is 0.964 bits per heavy atom. The van der Waals surface area contributed by atoms with Crippen molar-refractivity contribution in [3.05, 3.63) is 59.7 Å². The zero-order chi connectivity index (χ0) is 20.3. The summed E-state index contributed by atoms with van der Waals surface area (Å²) in [6.45, 7) is 6.90. The van der Waals surface area contributed by atoms with E-state index in [2.05, 4.69) is 31.4 Å². The molecule has 1 fully saturated rings. The van der Waals surface area contributed by atoms with Crippen molar-refractivity contribution in [3.63, 3.8) is 0 Å². The van der Waals surface area contributed by atoms with Crippen LogP contribution in [0, 0.1) is 11.8 Å². The van der Waals surface area contributed by atoms with Gasteiger partial charge in [0.2, 0.25) is 11.8 Å². The van der Waals surface area contributed by atoms with Crippen LogP contribution in [0.25, 0.3) is 0 Å². The first-order valence-electron chi connectivity index (χ1n) is 9.60. The lowest BCUT2D eigenvalue weighted by Crippen LogP contribution is -2.27. The third-order valence-corrected chi connectivity index (χ3v) is 5.11. The van der Waals surface area contributed by atoms with E-state index in [1.165, 1.54) is 5.56 Å². The third kappa shape index (κ3) is 4.91. The average molecular weight is 380 g/mol. The fourth-order valence-electron chi connectivity index (χ4n) is 3.13. The number of benzene rings is 2. The van der Waals surface area contributed by atoms with Crippen molar-refractivity contribution >= 4 is 17.5 Å². The topological polar surface area (TPSA) is 67.4 Å². The minimum atomic E-state index is -0.252. The summed E-state index contributed by atoms with van der Waals surface area (Å²) in [7, 11) is 1.62. The molecule has 2 amide bonds. The van der Waals surface area contributed by atoms with Gasteiger partial charge in [-0.05, 0) is 47.2 Å². The van der Waals surface area contributed by atoms with Crippen LogP contribution in [0.2, 0.25) is 0 Å². The molecule has 28 heavy (non-hydrogen) atoms. The first kappa shape index (κ1) is 19.9. The zero-order valence-electron chi connectivity index (χ0n) is 16.9. The molecule has 0 spiro atoms. The Morgan fingerprint density at radius 2 is 1.57 bits per heavy atom. The Kier molecular flexibility index (Phi) is 5.73. The molecular formula is C23H28N2O3. The number of hydrogen-bond acceptors (Lipinski definition) is 3. The van der Waals surface area contributed by atoms with E-state index in [9.17, 15) is 9.59 Å². The van der Waals surface area contributed by atoms with E-state index in [-0.39, 0.29) is 29.1 Å². The van der Waals surface area contributed by atoms with E-state index in [4.69, 9.17) is 4.74 Å². The van der Waals surface area contributed by atoms with E-state index >= 15 is 0 Å². The van der Waals surface area contributed by atoms with Crippen molar-refractivity contribution in [2.75, 3.05) is 12.4 Å². The number of carbonyl (C=O) groups excluding carboxylic acids is 2. The summed E-state index contributed by atoms with van der Waals surface area (Å²) >= 11 is 0. The van der Waals surface area contributed by atoms with Gasteiger partial charge in [-0.3, -0.25) is 9.59 Å². The van der Waals surface area contributed by atoms with Crippen molar-refractivity contribution in [2.45, 2.75) is 39.2 Å². The summed E-state index contributed by atoms with van der Waals surface area (Å²) in [6.07, 6.45) is 0.598. The standard InChI is InChI=1S/C23H28N2O3/c1-23(2,3)16-7-9-17(10-8-16)25-22(27)20-13-19(20)21(26)24-14-15-5-11-18(28-4)12-6-15/h5-12,19-20H,13-14H2,1-4H3,(H,24,26)(H,25,27). The van der Waals surface area contributed by atoms with Crippen molar-refractivity contribution in [1.82, 2.24) is 5.32 Å². The second-order valence-corrected chi connectivity index (χ2v) is 8.33. The number of hydrogen-bond donors (Lipinski definition) is 2. The van der Waals surface area contributed by atoms with Crippen molar-refractivity contribution in [1.29, 1.82) is 0 Å². The molecule has 3 rings (SSSR count). The average Bonchev–Trinajstić information content (AvgIpc) is 3.47. The summed E-state index contributed by atoms with van der Waals surface area (Å²) in [5, 5.41) is 5.83.